The molecule has 24 heavy (non-hydrogen) atoms. The molecular weight excluding hydrogens is 306 g/mol. The fourth-order valence-corrected chi connectivity index (χ4v) is 4.58. The maximum Gasteiger partial charge on any atom is 0.201 e. The van der Waals surface area contributed by atoms with Gasteiger partial charge in [0.1, 0.15) is 6.10 Å². The number of benzene rings is 1. The van der Waals surface area contributed by atoms with Crippen molar-refractivity contribution in [1.82, 2.24) is 0 Å². The van der Waals surface area contributed by atoms with E-state index < -0.39 is 11.6 Å². The van der Waals surface area contributed by atoms with E-state index in [9.17, 15) is 8.78 Å². The summed E-state index contributed by atoms with van der Waals surface area (Å²) in [5.74, 6) is 0.0828. The van der Waals surface area contributed by atoms with Gasteiger partial charge in [0.2, 0.25) is 5.82 Å². The summed E-state index contributed by atoms with van der Waals surface area (Å²) in [6.07, 6.45) is 10.6. The molecule has 0 aromatic heterocycles. The average Bonchev–Trinajstić information content (AvgIpc) is 2.60. The van der Waals surface area contributed by atoms with Gasteiger partial charge in [0.25, 0.3) is 0 Å². The molecule has 1 saturated carbocycles. The molecule has 3 rings (SSSR count). The van der Waals surface area contributed by atoms with Crippen LogP contribution in [0.2, 0.25) is 0 Å². The van der Waals surface area contributed by atoms with E-state index in [-0.39, 0.29) is 11.9 Å². The van der Waals surface area contributed by atoms with E-state index in [1.165, 1.54) is 38.5 Å². The highest BCUT2D eigenvalue weighted by Crippen LogP contribution is 2.40. The fraction of sp³-hybridized carbons (Fsp3) is 0.714. The summed E-state index contributed by atoms with van der Waals surface area (Å²) in [5.41, 5.74) is 1.35. The maximum absolute atomic E-state index is 14.5. The molecule has 0 amide bonds. The van der Waals surface area contributed by atoms with Gasteiger partial charge in [-0.3, -0.25) is 0 Å². The summed E-state index contributed by atoms with van der Waals surface area (Å²) in [6.45, 7) is 4.23. The molecule has 134 valence electrons. The van der Waals surface area contributed by atoms with E-state index in [0.717, 1.165) is 30.7 Å². The van der Waals surface area contributed by atoms with E-state index in [1.807, 2.05) is 13.0 Å². The molecule has 2 aliphatic rings. The van der Waals surface area contributed by atoms with Gasteiger partial charge >= 0.3 is 0 Å². The Kier molecular flexibility index (Phi) is 5.78. The Balaban J connectivity index is 1.70. The molecule has 1 atom stereocenters. The smallest absolute Gasteiger partial charge is 0.201 e. The molecule has 1 fully saturated rings. The standard InChI is InChI=1S/C21H30F2O/c1-3-5-14-7-9-15(10-8-14)18-12-11-17-13-16(6-4-2)19(22)20(23)21(17)24-18/h13-15,18H,3-12H2,1-2H3. The summed E-state index contributed by atoms with van der Waals surface area (Å²) in [6, 6.07) is 1.83. The van der Waals surface area contributed by atoms with Crippen molar-refractivity contribution in [1.29, 1.82) is 0 Å². The number of rotatable bonds is 5. The summed E-state index contributed by atoms with van der Waals surface area (Å²) >= 11 is 0. The van der Waals surface area contributed by atoms with E-state index >= 15 is 0 Å². The van der Waals surface area contributed by atoms with Gasteiger partial charge in [0, 0.05) is 0 Å². The maximum atomic E-state index is 14.5. The fourth-order valence-electron chi connectivity index (χ4n) is 4.58. The number of hydrogen-bond donors (Lipinski definition) is 0. The van der Waals surface area contributed by atoms with Gasteiger partial charge in [-0.1, -0.05) is 46.0 Å². The molecule has 0 saturated heterocycles. The van der Waals surface area contributed by atoms with Crippen molar-refractivity contribution in [2.24, 2.45) is 11.8 Å². The van der Waals surface area contributed by atoms with Crippen LogP contribution in [0.15, 0.2) is 6.07 Å². The quantitative estimate of drug-likeness (QED) is 0.620. The molecule has 1 heterocycles. The number of halogens is 2. The lowest BCUT2D eigenvalue weighted by Crippen LogP contribution is -2.34. The lowest BCUT2D eigenvalue weighted by molar-refractivity contribution is 0.0709. The third-order valence-electron chi connectivity index (χ3n) is 5.91. The van der Waals surface area contributed by atoms with E-state index in [0.29, 0.717) is 17.9 Å². The molecule has 0 spiro atoms. The molecule has 1 nitrogen and oxygen atoms in total. The van der Waals surface area contributed by atoms with Gasteiger partial charge in [-0.2, -0.15) is 4.39 Å². The van der Waals surface area contributed by atoms with Crippen LogP contribution in [0.25, 0.3) is 0 Å². The van der Waals surface area contributed by atoms with Crippen molar-refractivity contribution in [3.63, 3.8) is 0 Å². The topological polar surface area (TPSA) is 9.23 Å². The van der Waals surface area contributed by atoms with Crippen molar-refractivity contribution >= 4 is 0 Å². The van der Waals surface area contributed by atoms with Crippen LogP contribution in [-0.2, 0) is 12.8 Å². The molecule has 1 aliphatic heterocycles. The number of fused-ring (bicyclic) bond motifs is 1. The van der Waals surface area contributed by atoms with Crippen LogP contribution in [0.1, 0.15) is 76.3 Å². The van der Waals surface area contributed by atoms with E-state index in [2.05, 4.69) is 6.92 Å². The second-order valence-electron chi connectivity index (χ2n) is 7.67. The summed E-state index contributed by atoms with van der Waals surface area (Å²) < 4.78 is 34.7. The predicted octanol–water partition coefficient (Wildman–Crippen LogP) is 6.22. The second-order valence-corrected chi connectivity index (χ2v) is 7.67. The molecule has 1 aliphatic carbocycles. The monoisotopic (exact) mass is 336 g/mol. The molecule has 1 aromatic carbocycles. The lowest BCUT2D eigenvalue weighted by Gasteiger charge is -2.37. The van der Waals surface area contributed by atoms with Crippen LogP contribution < -0.4 is 4.74 Å². The lowest BCUT2D eigenvalue weighted by atomic mass is 9.76. The minimum atomic E-state index is -0.764. The number of aryl methyl sites for hydroxylation is 2. The zero-order valence-corrected chi connectivity index (χ0v) is 15.0. The Morgan fingerprint density at radius 3 is 2.42 bits per heavy atom. The highest BCUT2D eigenvalue weighted by molar-refractivity contribution is 5.41. The zero-order valence-electron chi connectivity index (χ0n) is 15.0. The zero-order chi connectivity index (χ0) is 17.1. The Morgan fingerprint density at radius 1 is 1.00 bits per heavy atom. The minimum Gasteiger partial charge on any atom is -0.487 e. The van der Waals surface area contributed by atoms with Gasteiger partial charge in [-0.15, -0.1) is 0 Å². The van der Waals surface area contributed by atoms with Crippen LogP contribution in [0.4, 0.5) is 8.78 Å². The van der Waals surface area contributed by atoms with Gasteiger partial charge in [-0.05, 0) is 61.1 Å². The highest BCUT2D eigenvalue weighted by atomic mass is 19.2. The Labute approximate surface area is 144 Å². The Bertz CT molecular complexity index is 561. The minimum absolute atomic E-state index is 0.0611. The van der Waals surface area contributed by atoms with Gasteiger partial charge in [0.05, 0.1) is 0 Å². The SMILES string of the molecule is CCCc1cc2c(c(F)c1F)OC(C1CCC(CCC)CC1)CC2. The molecular formula is C21H30F2O. The molecule has 0 radical (unpaired) electrons. The molecule has 3 heteroatoms. The first-order chi connectivity index (χ1) is 11.6. The Hall–Kier alpha value is -1.12. The van der Waals surface area contributed by atoms with Crippen LogP contribution in [-0.4, -0.2) is 6.10 Å². The molecule has 1 unspecified atom stereocenters. The normalized spacial score (nSPS) is 26.8. The van der Waals surface area contributed by atoms with Crippen LogP contribution >= 0.6 is 0 Å². The van der Waals surface area contributed by atoms with Crippen molar-refractivity contribution in [3.8, 4) is 5.75 Å². The summed E-state index contributed by atoms with van der Waals surface area (Å²) in [4.78, 5) is 0. The first-order valence-corrected chi connectivity index (χ1v) is 9.80. The summed E-state index contributed by atoms with van der Waals surface area (Å²) in [7, 11) is 0. The van der Waals surface area contributed by atoms with Crippen molar-refractivity contribution < 1.29 is 13.5 Å². The van der Waals surface area contributed by atoms with E-state index in [1.54, 1.807) is 0 Å². The largest absolute Gasteiger partial charge is 0.487 e. The predicted molar refractivity (Wildman–Crippen MR) is 93.4 cm³/mol. The third kappa shape index (κ3) is 3.60. The first kappa shape index (κ1) is 17.7. The van der Waals surface area contributed by atoms with Gasteiger partial charge < -0.3 is 4.74 Å². The van der Waals surface area contributed by atoms with Crippen molar-refractivity contribution in [2.75, 3.05) is 0 Å². The van der Waals surface area contributed by atoms with Gasteiger partial charge in [0.15, 0.2) is 11.6 Å². The van der Waals surface area contributed by atoms with E-state index in [4.69, 9.17) is 4.74 Å². The van der Waals surface area contributed by atoms with Gasteiger partial charge in [-0.25, -0.2) is 4.39 Å². The summed E-state index contributed by atoms with van der Waals surface area (Å²) in [5, 5.41) is 0. The average molecular weight is 336 g/mol. The first-order valence-electron chi connectivity index (χ1n) is 9.80. The van der Waals surface area contributed by atoms with Crippen LogP contribution in [0, 0.1) is 23.5 Å². The Morgan fingerprint density at radius 2 is 1.75 bits per heavy atom. The van der Waals surface area contributed by atoms with Crippen LogP contribution in [0.5, 0.6) is 5.75 Å². The third-order valence-corrected chi connectivity index (χ3v) is 5.91. The van der Waals surface area contributed by atoms with Crippen molar-refractivity contribution in [3.05, 3.63) is 28.8 Å². The van der Waals surface area contributed by atoms with Crippen LogP contribution in [0.3, 0.4) is 0 Å². The number of hydrogen-bond acceptors (Lipinski definition) is 1. The second kappa shape index (κ2) is 7.84. The van der Waals surface area contributed by atoms with Crippen molar-refractivity contribution in [2.45, 2.75) is 84.2 Å². The number of ether oxygens (including phenoxy) is 1. The molecule has 0 bridgehead atoms. The molecule has 1 aromatic rings. The highest BCUT2D eigenvalue weighted by Gasteiger charge is 2.33. The molecule has 0 N–H and O–H groups in total.